The Kier molecular flexibility index (Phi) is 18.7. The van der Waals surface area contributed by atoms with Gasteiger partial charge in [0, 0.05) is 35.5 Å². The molecule has 10 nitrogen and oxygen atoms in total. The Balaban J connectivity index is 1.21. The first kappa shape index (κ1) is 51.9. The fourth-order valence-electron chi connectivity index (χ4n) is 7.44. The van der Waals surface area contributed by atoms with Crippen LogP contribution in [0, 0.1) is 0 Å². The van der Waals surface area contributed by atoms with Gasteiger partial charge in [0.15, 0.2) is 23.1 Å². The quantitative estimate of drug-likeness (QED) is 0.0334. The van der Waals surface area contributed by atoms with Crippen molar-refractivity contribution in [1.82, 2.24) is 0 Å². The van der Waals surface area contributed by atoms with E-state index >= 15 is 0 Å². The molecule has 0 heterocycles. The van der Waals surface area contributed by atoms with Crippen molar-refractivity contribution in [1.29, 1.82) is 0 Å². The van der Waals surface area contributed by atoms with Crippen molar-refractivity contribution in [3.05, 3.63) is 142 Å². The van der Waals surface area contributed by atoms with Crippen molar-refractivity contribution in [2.45, 2.75) is 154 Å². The van der Waals surface area contributed by atoms with Crippen molar-refractivity contribution in [3.8, 4) is 0 Å². The normalized spacial score (nSPS) is 12.5. The van der Waals surface area contributed by atoms with Gasteiger partial charge in [0.25, 0.3) is 0 Å². The van der Waals surface area contributed by atoms with E-state index in [9.17, 15) is 39.6 Å². The molecule has 0 spiro atoms. The van der Waals surface area contributed by atoms with E-state index in [-0.39, 0.29) is 23.1 Å². The van der Waals surface area contributed by atoms with Gasteiger partial charge in [0.2, 0.25) is 0 Å². The molecule has 4 aromatic rings. The van der Waals surface area contributed by atoms with Crippen LogP contribution in [0.1, 0.15) is 195 Å². The van der Waals surface area contributed by atoms with E-state index < -0.39 is 34.6 Å². The molecule has 0 fully saturated rings. The minimum atomic E-state index is -1.48. The van der Waals surface area contributed by atoms with Gasteiger partial charge in [0.1, 0.15) is 34.6 Å². The zero-order valence-corrected chi connectivity index (χ0v) is 39.1. The average molecular weight is 879 g/mol. The van der Waals surface area contributed by atoms with Gasteiger partial charge in [-0.25, -0.2) is 0 Å². The van der Waals surface area contributed by atoms with Crippen molar-refractivity contribution in [2.75, 3.05) is 13.2 Å². The monoisotopic (exact) mass is 878 g/mol. The molecule has 0 aliphatic rings. The lowest BCUT2D eigenvalue weighted by Gasteiger charge is -2.21. The maximum absolute atomic E-state index is 12.6. The number of benzene rings is 4. The third-order valence-corrected chi connectivity index (χ3v) is 11.2. The highest BCUT2D eigenvalue weighted by Crippen LogP contribution is 2.31. The summed E-state index contributed by atoms with van der Waals surface area (Å²) in [5, 5.41) is 40.8. The molecular weight excluding hydrogens is 809 g/mol. The summed E-state index contributed by atoms with van der Waals surface area (Å²) < 4.78 is 12.9. The topological polar surface area (TPSA) is 168 Å². The van der Waals surface area contributed by atoms with E-state index in [4.69, 9.17) is 9.47 Å². The third-order valence-electron chi connectivity index (χ3n) is 11.2. The largest absolute Gasteiger partial charge is 0.382 e. The minimum absolute atomic E-state index is 0.366. The summed E-state index contributed by atoms with van der Waals surface area (Å²) in [5.41, 5.74) is -0.903. The number of carbonyl (C=O) groups excluding carboxylic acids is 4. The van der Waals surface area contributed by atoms with E-state index in [1.807, 2.05) is 48.5 Å². The van der Waals surface area contributed by atoms with Crippen LogP contribution in [0.5, 0.6) is 0 Å². The molecule has 0 aliphatic carbocycles. The van der Waals surface area contributed by atoms with Gasteiger partial charge in [0.05, 0.1) is 0 Å². The summed E-state index contributed by atoms with van der Waals surface area (Å²) in [7, 11) is 0. The number of unbranched alkanes of at least 4 members (excludes halogenated alkanes) is 9. The summed E-state index contributed by atoms with van der Waals surface area (Å²) in [4.78, 5) is 50.5. The van der Waals surface area contributed by atoms with Crippen molar-refractivity contribution < 1.29 is 49.1 Å². The first-order valence-electron chi connectivity index (χ1n) is 22.7. The molecule has 0 atom stereocenters. The van der Waals surface area contributed by atoms with Crippen LogP contribution in [-0.4, -0.2) is 79.2 Å². The Labute approximate surface area is 380 Å². The van der Waals surface area contributed by atoms with Crippen LogP contribution in [0.2, 0.25) is 0 Å². The van der Waals surface area contributed by atoms with Gasteiger partial charge in [-0.2, -0.15) is 0 Å². The molecule has 0 amide bonds. The number of hydrogen-bond donors (Lipinski definition) is 4. The van der Waals surface area contributed by atoms with Crippen LogP contribution in [0.4, 0.5) is 0 Å². The zero-order chi connectivity index (χ0) is 47.3. The second-order valence-electron chi connectivity index (χ2n) is 19.1. The molecule has 0 bridgehead atoms. The van der Waals surface area contributed by atoms with Crippen molar-refractivity contribution in [2.24, 2.45) is 0 Å². The second kappa shape index (κ2) is 23.0. The second-order valence-corrected chi connectivity index (χ2v) is 19.1. The molecule has 0 saturated heterocycles. The molecule has 64 heavy (non-hydrogen) atoms. The molecule has 0 unspecified atom stereocenters. The molecule has 0 radical (unpaired) electrons. The Bertz CT molecular complexity index is 1810. The summed E-state index contributed by atoms with van der Waals surface area (Å²) in [6.45, 7) is 12.8. The maximum atomic E-state index is 12.6. The Hall–Kier alpha value is -4.68. The van der Waals surface area contributed by atoms with E-state index in [1.54, 1.807) is 48.5 Å². The summed E-state index contributed by atoms with van der Waals surface area (Å²) in [6.07, 6.45) is 9.77. The van der Waals surface area contributed by atoms with Crippen molar-refractivity contribution >= 4 is 23.1 Å². The fraction of sp³-hybridized carbons (Fsp3) is 0.481. The smallest absolute Gasteiger partial charge is 0.193 e. The van der Waals surface area contributed by atoms with Crippen LogP contribution >= 0.6 is 0 Å². The van der Waals surface area contributed by atoms with E-state index in [0.29, 0.717) is 35.5 Å². The van der Waals surface area contributed by atoms with E-state index in [2.05, 4.69) is 0 Å². The molecule has 4 rings (SSSR count). The number of Topliss-reactive ketones (excluding diaryl/α,β-unsaturated/α-hetero) is 4. The SMILES string of the molecule is CC(C)(O)C(=O)c1ccc(C(OCCCCCCCCCCCCOC(c2ccc(C(=O)C(C)(C)O)cc2)c2ccc(C(=O)C(C)(C)O)cc2)c2ccc(C(=O)C(C)(C)O)cc2)cc1. The number of ketones is 4. The van der Waals surface area contributed by atoms with Crippen LogP contribution in [0.15, 0.2) is 97.1 Å². The summed E-state index contributed by atoms with van der Waals surface area (Å²) >= 11 is 0. The molecule has 4 aromatic carbocycles. The zero-order valence-electron chi connectivity index (χ0n) is 39.1. The van der Waals surface area contributed by atoms with Gasteiger partial charge >= 0.3 is 0 Å². The van der Waals surface area contributed by atoms with Crippen LogP contribution in [-0.2, 0) is 9.47 Å². The van der Waals surface area contributed by atoms with Crippen molar-refractivity contribution in [3.63, 3.8) is 0 Å². The Morgan fingerprint density at radius 1 is 0.344 bits per heavy atom. The minimum Gasteiger partial charge on any atom is -0.382 e. The lowest BCUT2D eigenvalue weighted by atomic mass is 9.92. The fourth-order valence-corrected chi connectivity index (χ4v) is 7.44. The lowest BCUT2D eigenvalue weighted by molar-refractivity contribution is 0.0486. The summed E-state index contributed by atoms with van der Waals surface area (Å²) in [5.74, 6) is -1.46. The highest BCUT2D eigenvalue weighted by Gasteiger charge is 2.29. The molecule has 346 valence electrons. The Morgan fingerprint density at radius 3 is 0.688 bits per heavy atom. The predicted octanol–water partition coefficient (Wildman–Crippen LogP) is 10.3. The number of ether oxygens (including phenoxy) is 2. The lowest BCUT2D eigenvalue weighted by Crippen LogP contribution is -2.31. The average Bonchev–Trinajstić information content (AvgIpc) is 3.24. The predicted molar refractivity (Wildman–Crippen MR) is 250 cm³/mol. The molecule has 0 aromatic heterocycles. The maximum Gasteiger partial charge on any atom is 0.193 e. The molecule has 0 saturated carbocycles. The number of carbonyl (C=O) groups is 4. The standard InChI is InChI=1S/C54H70O10/c1-51(2,59)47(55)41-27-19-37(20-28-41)45(38-21-29-42(30-22-38)48(56)52(3,4)60)63-35-17-15-13-11-9-10-12-14-16-18-36-64-46(39-23-31-43(32-24-39)49(57)53(5,6)61)40-25-33-44(34-26-40)50(58)54(7,8)62/h19-34,45-46,59-62H,9-18,35-36H2,1-8H3. The summed E-state index contributed by atoms with van der Waals surface area (Å²) in [6, 6.07) is 28.3. The number of aliphatic hydroxyl groups is 4. The van der Waals surface area contributed by atoms with Crippen LogP contribution in [0.3, 0.4) is 0 Å². The molecular formula is C54H70O10. The highest BCUT2D eigenvalue weighted by molar-refractivity contribution is 6.03. The van der Waals surface area contributed by atoms with Gasteiger partial charge in [-0.3, -0.25) is 19.2 Å². The van der Waals surface area contributed by atoms with Gasteiger partial charge in [-0.15, -0.1) is 0 Å². The first-order valence-corrected chi connectivity index (χ1v) is 22.7. The van der Waals surface area contributed by atoms with Crippen LogP contribution in [0.25, 0.3) is 0 Å². The van der Waals surface area contributed by atoms with Crippen LogP contribution < -0.4 is 0 Å². The Morgan fingerprint density at radius 2 is 0.516 bits per heavy atom. The van der Waals surface area contributed by atoms with Gasteiger partial charge in [-0.05, 0) is 90.5 Å². The molecule has 0 aliphatic heterocycles. The van der Waals surface area contributed by atoms with Gasteiger partial charge in [-0.1, -0.05) is 148 Å². The molecule has 4 N–H and O–H groups in total. The third kappa shape index (κ3) is 15.5. The van der Waals surface area contributed by atoms with E-state index in [1.165, 1.54) is 55.4 Å². The van der Waals surface area contributed by atoms with Gasteiger partial charge < -0.3 is 29.9 Å². The first-order chi connectivity index (χ1) is 30.0. The molecule has 10 heteroatoms. The number of hydrogen-bond acceptors (Lipinski definition) is 10. The van der Waals surface area contributed by atoms with E-state index in [0.717, 1.165) is 86.5 Å². The highest BCUT2D eigenvalue weighted by atomic mass is 16.5. The number of rotatable bonds is 27.